The van der Waals surface area contributed by atoms with Crippen LogP contribution in [0, 0.1) is 5.92 Å². The topological polar surface area (TPSA) is 18.5 Å². The van der Waals surface area contributed by atoms with Gasteiger partial charge in [0, 0.05) is 6.61 Å². The maximum Gasteiger partial charge on any atom is 0.0703 e. The van der Waals surface area contributed by atoms with Gasteiger partial charge < -0.3 is 9.47 Å². The molecule has 0 aromatic heterocycles. The third kappa shape index (κ3) is 9.92. The number of ether oxygens (including phenoxy) is 2. The molecule has 0 aromatic carbocycles. The Labute approximate surface area is 69.9 Å². The molecular formula is C9H20O2. The van der Waals surface area contributed by atoms with Crippen LogP contribution in [0.1, 0.15) is 27.7 Å². The Morgan fingerprint density at radius 3 is 2.09 bits per heavy atom. The van der Waals surface area contributed by atoms with Gasteiger partial charge in [-0.1, -0.05) is 13.8 Å². The lowest BCUT2D eigenvalue weighted by Gasteiger charge is -2.09. The standard InChI is InChI=1S/C9H20O2/c1-8(2)7-10-5-6-11-9(3)4/h8-9H,5-7H2,1-4H3. The van der Waals surface area contributed by atoms with Gasteiger partial charge in [-0.05, 0) is 19.8 Å². The van der Waals surface area contributed by atoms with Crippen LogP contribution in [0.2, 0.25) is 0 Å². The molecule has 0 unspecified atom stereocenters. The summed E-state index contributed by atoms with van der Waals surface area (Å²) in [5.41, 5.74) is 0. The first-order chi connectivity index (χ1) is 5.13. The van der Waals surface area contributed by atoms with Gasteiger partial charge in [0.2, 0.25) is 0 Å². The fraction of sp³-hybridized carbons (Fsp3) is 1.00. The second-order valence-electron chi connectivity index (χ2n) is 3.39. The monoisotopic (exact) mass is 160 g/mol. The number of hydrogen-bond acceptors (Lipinski definition) is 2. The Kier molecular flexibility index (Phi) is 6.57. The smallest absolute Gasteiger partial charge is 0.0703 e. The summed E-state index contributed by atoms with van der Waals surface area (Å²) in [4.78, 5) is 0. The van der Waals surface area contributed by atoms with E-state index in [1.165, 1.54) is 0 Å². The molecule has 0 rings (SSSR count). The number of rotatable bonds is 6. The quantitative estimate of drug-likeness (QED) is 0.554. The summed E-state index contributed by atoms with van der Waals surface area (Å²) in [7, 11) is 0. The zero-order valence-corrected chi connectivity index (χ0v) is 8.09. The third-order valence-corrected chi connectivity index (χ3v) is 1.13. The van der Waals surface area contributed by atoms with E-state index in [1.54, 1.807) is 0 Å². The molecule has 0 N–H and O–H groups in total. The highest BCUT2D eigenvalue weighted by atomic mass is 16.5. The highest BCUT2D eigenvalue weighted by Crippen LogP contribution is 1.93. The molecule has 0 fully saturated rings. The molecule has 0 saturated carbocycles. The molecule has 0 heterocycles. The Morgan fingerprint density at radius 1 is 1.00 bits per heavy atom. The average Bonchev–Trinajstić information content (AvgIpc) is 1.85. The summed E-state index contributed by atoms with van der Waals surface area (Å²) in [5, 5.41) is 0. The highest BCUT2D eigenvalue weighted by molar-refractivity contribution is 4.40. The first-order valence-electron chi connectivity index (χ1n) is 4.32. The van der Waals surface area contributed by atoms with Gasteiger partial charge in [-0.25, -0.2) is 0 Å². The van der Waals surface area contributed by atoms with Crippen molar-refractivity contribution in [1.82, 2.24) is 0 Å². The van der Waals surface area contributed by atoms with Crippen LogP contribution in [0.3, 0.4) is 0 Å². The van der Waals surface area contributed by atoms with E-state index in [0.717, 1.165) is 13.2 Å². The molecule has 0 aliphatic carbocycles. The van der Waals surface area contributed by atoms with Crippen LogP contribution in [-0.2, 0) is 9.47 Å². The Balaban J connectivity index is 2.91. The van der Waals surface area contributed by atoms with E-state index >= 15 is 0 Å². The zero-order valence-electron chi connectivity index (χ0n) is 8.09. The van der Waals surface area contributed by atoms with Gasteiger partial charge in [0.1, 0.15) is 0 Å². The lowest BCUT2D eigenvalue weighted by atomic mass is 10.2. The molecule has 0 bridgehead atoms. The predicted molar refractivity (Wildman–Crippen MR) is 46.7 cm³/mol. The second-order valence-corrected chi connectivity index (χ2v) is 3.39. The molecule has 11 heavy (non-hydrogen) atoms. The Morgan fingerprint density at radius 2 is 1.64 bits per heavy atom. The lowest BCUT2D eigenvalue weighted by Crippen LogP contribution is -2.11. The van der Waals surface area contributed by atoms with Gasteiger partial charge in [-0.3, -0.25) is 0 Å². The van der Waals surface area contributed by atoms with Gasteiger partial charge in [-0.2, -0.15) is 0 Å². The first kappa shape index (κ1) is 10.9. The molecule has 0 spiro atoms. The summed E-state index contributed by atoms with van der Waals surface area (Å²) in [6.45, 7) is 10.6. The van der Waals surface area contributed by atoms with E-state index in [-0.39, 0.29) is 0 Å². The molecule has 0 amide bonds. The zero-order chi connectivity index (χ0) is 8.69. The fourth-order valence-corrected chi connectivity index (χ4v) is 0.662. The van der Waals surface area contributed by atoms with Crippen LogP contribution in [0.25, 0.3) is 0 Å². The lowest BCUT2D eigenvalue weighted by molar-refractivity contribution is 0.0128. The van der Waals surface area contributed by atoms with Crippen molar-refractivity contribution < 1.29 is 9.47 Å². The van der Waals surface area contributed by atoms with Crippen molar-refractivity contribution in [2.75, 3.05) is 19.8 Å². The van der Waals surface area contributed by atoms with Crippen LogP contribution >= 0.6 is 0 Å². The van der Waals surface area contributed by atoms with Crippen molar-refractivity contribution in [2.24, 2.45) is 5.92 Å². The van der Waals surface area contributed by atoms with E-state index in [1.807, 2.05) is 13.8 Å². The summed E-state index contributed by atoms with van der Waals surface area (Å²) >= 11 is 0. The van der Waals surface area contributed by atoms with Gasteiger partial charge >= 0.3 is 0 Å². The molecule has 0 radical (unpaired) electrons. The summed E-state index contributed by atoms with van der Waals surface area (Å²) in [6, 6.07) is 0. The van der Waals surface area contributed by atoms with Gasteiger partial charge in [0.15, 0.2) is 0 Å². The van der Waals surface area contributed by atoms with Crippen LogP contribution in [0.5, 0.6) is 0 Å². The van der Waals surface area contributed by atoms with Crippen molar-refractivity contribution in [1.29, 1.82) is 0 Å². The second kappa shape index (κ2) is 6.62. The molecule has 0 aliphatic rings. The molecule has 0 aromatic rings. The van der Waals surface area contributed by atoms with E-state index in [2.05, 4.69) is 13.8 Å². The Bertz CT molecular complexity index is 69.6. The Hall–Kier alpha value is -0.0800. The van der Waals surface area contributed by atoms with E-state index in [0.29, 0.717) is 18.6 Å². The molecule has 68 valence electrons. The average molecular weight is 160 g/mol. The van der Waals surface area contributed by atoms with Crippen molar-refractivity contribution in [3.05, 3.63) is 0 Å². The van der Waals surface area contributed by atoms with Crippen molar-refractivity contribution in [3.8, 4) is 0 Å². The van der Waals surface area contributed by atoms with E-state index < -0.39 is 0 Å². The summed E-state index contributed by atoms with van der Waals surface area (Å²) in [5.74, 6) is 0.619. The van der Waals surface area contributed by atoms with E-state index in [9.17, 15) is 0 Å². The first-order valence-corrected chi connectivity index (χ1v) is 4.32. The summed E-state index contributed by atoms with van der Waals surface area (Å²) in [6.07, 6.45) is 0.317. The minimum absolute atomic E-state index is 0.317. The third-order valence-electron chi connectivity index (χ3n) is 1.13. The fourth-order valence-electron chi connectivity index (χ4n) is 0.662. The van der Waals surface area contributed by atoms with E-state index in [4.69, 9.17) is 9.47 Å². The molecule has 0 saturated heterocycles. The minimum Gasteiger partial charge on any atom is -0.379 e. The molecular weight excluding hydrogens is 140 g/mol. The molecule has 0 aliphatic heterocycles. The highest BCUT2D eigenvalue weighted by Gasteiger charge is 1.94. The van der Waals surface area contributed by atoms with Crippen LogP contribution in [0.15, 0.2) is 0 Å². The summed E-state index contributed by atoms with van der Waals surface area (Å²) < 4.78 is 10.6. The molecule has 2 nitrogen and oxygen atoms in total. The molecule has 0 atom stereocenters. The van der Waals surface area contributed by atoms with Crippen LogP contribution in [0.4, 0.5) is 0 Å². The normalized spacial score (nSPS) is 11.5. The maximum absolute atomic E-state index is 5.32. The van der Waals surface area contributed by atoms with Gasteiger partial charge in [0.25, 0.3) is 0 Å². The number of hydrogen-bond donors (Lipinski definition) is 0. The SMILES string of the molecule is CC(C)COCCOC(C)C. The maximum atomic E-state index is 5.32. The van der Waals surface area contributed by atoms with Crippen molar-refractivity contribution in [3.63, 3.8) is 0 Å². The van der Waals surface area contributed by atoms with Crippen LogP contribution < -0.4 is 0 Å². The van der Waals surface area contributed by atoms with Crippen LogP contribution in [-0.4, -0.2) is 25.9 Å². The predicted octanol–water partition coefficient (Wildman–Crippen LogP) is 2.08. The molecule has 2 heteroatoms. The van der Waals surface area contributed by atoms with Gasteiger partial charge in [0.05, 0.1) is 19.3 Å². The van der Waals surface area contributed by atoms with Crippen molar-refractivity contribution >= 4 is 0 Å². The largest absolute Gasteiger partial charge is 0.379 e. The van der Waals surface area contributed by atoms with Crippen molar-refractivity contribution in [2.45, 2.75) is 33.8 Å². The van der Waals surface area contributed by atoms with Gasteiger partial charge in [-0.15, -0.1) is 0 Å². The minimum atomic E-state index is 0.317.